The number of aromatic amines is 1. The van der Waals surface area contributed by atoms with E-state index in [9.17, 15) is 9.59 Å². The van der Waals surface area contributed by atoms with Crippen molar-refractivity contribution in [1.29, 1.82) is 0 Å². The Hall–Kier alpha value is -3.07. The van der Waals surface area contributed by atoms with E-state index < -0.39 is 11.7 Å². The SMILES string of the molecule is COc1cc(CCl)ccc1Cn1ncc2nc(OC(N)=O)[nH]c(=O)c21. The second kappa shape index (κ2) is 6.81. The molecule has 0 aliphatic rings. The maximum absolute atomic E-state index is 12.3. The highest BCUT2D eigenvalue weighted by molar-refractivity contribution is 6.17. The summed E-state index contributed by atoms with van der Waals surface area (Å²) >= 11 is 5.83. The third-order valence-electron chi connectivity index (χ3n) is 3.50. The number of carbonyl (C=O) groups is 1. The number of carbonyl (C=O) groups excluding carboxylic acids is 1. The molecule has 130 valence electrons. The summed E-state index contributed by atoms with van der Waals surface area (Å²) in [6.07, 6.45) is 0.330. The van der Waals surface area contributed by atoms with Gasteiger partial charge >= 0.3 is 12.1 Å². The molecule has 0 fully saturated rings. The van der Waals surface area contributed by atoms with E-state index in [1.54, 1.807) is 7.11 Å². The zero-order valence-electron chi connectivity index (χ0n) is 13.2. The Balaban J connectivity index is 2.00. The third-order valence-corrected chi connectivity index (χ3v) is 3.81. The fourth-order valence-corrected chi connectivity index (χ4v) is 2.58. The Kier molecular flexibility index (Phi) is 4.57. The second-order valence-corrected chi connectivity index (χ2v) is 5.38. The molecule has 0 aliphatic carbocycles. The fraction of sp³-hybridized carbons (Fsp3) is 0.200. The topological polar surface area (TPSA) is 125 Å². The van der Waals surface area contributed by atoms with E-state index in [-0.39, 0.29) is 23.6 Å². The van der Waals surface area contributed by atoms with Crippen molar-refractivity contribution in [3.63, 3.8) is 0 Å². The Morgan fingerprint density at radius 3 is 2.92 bits per heavy atom. The Bertz CT molecular complexity index is 997. The lowest BCUT2D eigenvalue weighted by Crippen LogP contribution is -2.21. The number of halogens is 1. The first kappa shape index (κ1) is 16.8. The smallest absolute Gasteiger partial charge is 0.412 e. The van der Waals surface area contributed by atoms with E-state index in [0.717, 1.165) is 11.1 Å². The Morgan fingerprint density at radius 2 is 2.24 bits per heavy atom. The predicted molar refractivity (Wildman–Crippen MR) is 90.0 cm³/mol. The van der Waals surface area contributed by atoms with Crippen LogP contribution in [0.25, 0.3) is 11.0 Å². The lowest BCUT2D eigenvalue weighted by atomic mass is 10.1. The standard InChI is InChI=1S/C15H14ClN5O4/c1-24-11-4-8(5-16)2-3-9(11)7-21-12-10(6-18-21)19-15(20-13(12)22)25-14(17)23/h2-4,6H,5,7H2,1H3,(H2,17,23)(H,19,20,22). The van der Waals surface area contributed by atoms with Crippen LogP contribution in [-0.4, -0.2) is 33.0 Å². The van der Waals surface area contributed by atoms with E-state index in [2.05, 4.69) is 19.8 Å². The van der Waals surface area contributed by atoms with E-state index in [1.807, 2.05) is 18.2 Å². The number of ether oxygens (including phenoxy) is 2. The predicted octanol–water partition coefficient (Wildman–Crippen LogP) is 1.37. The molecule has 0 spiro atoms. The first-order valence-corrected chi connectivity index (χ1v) is 7.70. The van der Waals surface area contributed by atoms with Gasteiger partial charge in [-0.25, -0.2) is 4.79 Å². The molecule has 3 aromatic rings. The molecule has 2 heterocycles. The fourth-order valence-electron chi connectivity index (χ4n) is 2.41. The van der Waals surface area contributed by atoms with Crippen LogP contribution in [0.2, 0.25) is 0 Å². The number of aromatic nitrogens is 4. The lowest BCUT2D eigenvalue weighted by molar-refractivity contribution is 0.207. The number of fused-ring (bicyclic) bond motifs is 1. The molecule has 0 saturated heterocycles. The third kappa shape index (κ3) is 3.41. The van der Waals surface area contributed by atoms with Crippen LogP contribution in [0.3, 0.4) is 0 Å². The minimum atomic E-state index is -1.07. The van der Waals surface area contributed by atoms with Gasteiger partial charge in [0.1, 0.15) is 11.3 Å². The van der Waals surface area contributed by atoms with Gasteiger partial charge < -0.3 is 15.2 Å². The van der Waals surface area contributed by atoms with Crippen molar-refractivity contribution in [2.75, 3.05) is 7.11 Å². The Morgan fingerprint density at radius 1 is 1.44 bits per heavy atom. The van der Waals surface area contributed by atoms with E-state index >= 15 is 0 Å². The minimum Gasteiger partial charge on any atom is -0.496 e. The number of amides is 1. The van der Waals surface area contributed by atoms with Crippen LogP contribution in [0.5, 0.6) is 11.8 Å². The Labute approximate surface area is 146 Å². The van der Waals surface area contributed by atoms with Gasteiger partial charge in [0.05, 0.1) is 19.9 Å². The number of H-pyrrole nitrogens is 1. The van der Waals surface area contributed by atoms with Gasteiger partial charge in [0.25, 0.3) is 5.56 Å². The average Bonchev–Trinajstić information content (AvgIpc) is 2.97. The quantitative estimate of drug-likeness (QED) is 0.659. The molecular weight excluding hydrogens is 350 g/mol. The molecule has 1 aromatic carbocycles. The van der Waals surface area contributed by atoms with Crippen LogP contribution in [0, 0.1) is 0 Å². The van der Waals surface area contributed by atoms with Crippen molar-refractivity contribution in [2.45, 2.75) is 12.4 Å². The van der Waals surface area contributed by atoms with Gasteiger partial charge in [-0.15, -0.1) is 11.6 Å². The van der Waals surface area contributed by atoms with Crippen LogP contribution in [-0.2, 0) is 12.4 Å². The first-order valence-electron chi connectivity index (χ1n) is 7.16. The monoisotopic (exact) mass is 363 g/mol. The summed E-state index contributed by atoms with van der Waals surface area (Å²) in [7, 11) is 1.56. The number of nitrogens with two attached hydrogens (primary N) is 1. The van der Waals surface area contributed by atoms with Crippen molar-refractivity contribution in [3.8, 4) is 11.8 Å². The number of alkyl halides is 1. The molecule has 0 unspecified atom stereocenters. The second-order valence-electron chi connectivity index (χ2n) is 5.11. The van der Waals surface area contributed by atoms with Crippen LogP contribution < -0.4 is 20.8 Å². The molecule has 25 heavy (non-hydrogen) atoms. The number of nitrogens with zero attached hydrogens (tertiary/aromatic N) is 3. The van der Waals surface area contributed by atoms with Gasteiger partial charge in [-0.05, 0) is 11.6 Å². The summed E-state index contributed by atoms with van der Waals surface area (Å²) in [5, 5.41) is 4.17. The maximum Gasteiger partial charge on any atom is 0.412 e. The number of hydrogen-bond acceptors (Lipinski definition) is 6. The van der Waals surface area contributed by atoms with E-state index in [4.69, 9.17) is 22.1 Å². The number of primary amides is 1. The molecule has 2 aromatic heterocycles. The van der Waals surface area contributed by atoms with Gasteiger partial charge in [0.2, 0.25) is 0 Å². The maximum atomic E-state index is 12.3. The van der Waals surface area contributed by atoms with Gasteiger partial charge in [0.15, 0.2) is 5.52 Å². The average molecular weight is 364 g/mol. The zero-order valence-corrected chi connectivity index (χ0v) is 13.9. The molecule has 3 rings (SSSR count). The number of methoxy groups -OCH3 is 1. The van der Waals surface area contributed by atoms with Crippen LogP contribution >= 0.6 is 11.6 Å². The number of benzene rings is 1. The molecule has 0 saturated carbocycles. The van der Waals surface area contributed by atoms with Gasteiger partial charge in [-0.3, -0.25) is 14.5 Å². The summed E-state index contributed by atoms with van der Waals surface area (Å²) in [5.41, 5.74) is 6.66. The molecule has 1 amide bonds. The normalized spacial score (nSPS) is 10.8. The molecular formula is C15H14ClN5O4. The number of rotatable bonds is 5. The van der Waals surface area contributed by atoms with Gasteiger partial charge in [0, 0.05) is 11.4 Å². The lowest BCUT2D eigenvalue weighted by Gasteiger charge is -2.10. The molecule has 0 aliphatic heterocycles. The summed E-state index contributed by atoms with van der Waals surface area (Å²) in [5.74, 6) is 1.01. The highest BCUT2D eigenvalue weighted by atomic mass is 35.5. The van der Waals surface area contributed by atoms with E-state index in [0.29, 0.717) is 11.6 Å². The summed E-state index contributed by atoms with van der Waals surface area (Å²) in [6.45, 7) is 0.288. The van der Waals surface area contributed by atoms with Crippen molar-refractivity contribution in [3.05, 3.63) is 45.9 Å². The summed E-state index contributed by atoms with van der Waals surface area (Å²) in [6, 6.07) is 5.28. The highest BCUT2D eigenvalue weighted by Crippen LogP contribution is 2.23. The van der Waals surface area contributed by atoms with Crippen molar-refractivity contribution < 1.29 is 14.3 Å². The highest BCUT2D eigenvalue weighted by Gasteiger charge is 2.14. The van der Waals surface area contributed by atoms with Crippen molar-refractivity contribution in [1.82, 2.24) is 19.7 Å². The molecule has 0 bridgehead atoms. The van der Waals surface area contributed by atoms with Gasteiger partial charge in [-0.1, -0.05) is 12.1 Å². The van der Waals surface area contributed by atoms with Gasteiger partial charge in [-0.2, -0.15) is 10.1 Å². The first-order chi connectivity index (χ1) is 12.0. The molecule has 10 heteroatoms. The molecule has 3 N–H and O–H groups in total. The van der Waals surface area contributed by atoms with Crippen molar-refractivity contribution in [2.24, 2.45) is 5.73 Å². The molecule has 9 nitrogen and oxygen atoms in total. The molecule has 0 radical (unpaired) electrons. The van der Waals surface area contributed by atoms with Crippen LogP contribution in [0.15, 0.2) is 29.2 Å². The van der Waals surface area contributed by atoms with E-state index in [1.165, 1.54) is 10.9 Å². The number of nitrogens with one attached hydrogen (secondary N) is 1. The van der Waals surface area contributed by atoms with Crippen LogP contribution in [0.1, 0.15) is 11.1 Å². The van der Waals surface area contributed by atoms with Crippen molar-refractivity contribution >= 4 is 28.7 Å². The summed E-state index contributed by atoms with van der Waals surface area (Å²) in [4.78, 5) is 29.4. The molecule has 0 atom stereocenters. The minimum absolute atomic E-state index is 0.236. The summed E-state index contributed by atoms with van der Waals surface area (Å²) < 4.78 is 11.4. The number of hydrogen-bond donors (Lipinski definition) is 2. The van der Waals surface area contributed by atoms with Crippen LogP contribution in [0.4, 0.5) is 4.79 Å². The largest absolute Gasteiger partial charge is 0.496 e. The zero-order chi connectivity index (χ0) is 18.0.